The minimum absolute atomic E-state index is 0.117. The summed E-state index contributed by atoms with van der Waals surface area (Å²) in [6, 6.07) is 4.78. The number of nitro benzene ring substituents is 1. The van der Waals surface area contributed by atoms with Crippen LogP contribution in [0, 0.1) is 16.5 Å². The van der Waals surface area contributed by atoms with E-state index in [2.05, 4.69) is 9.46 Å². The van der Waals surface area contributed by atoms with Crippen molar-refractivity contribution in [3.8, 4) is 0 Å². The fourth-order valence-electron chi connectivity index (χ4n) is 1.44. The molecule has 20 heavy (non-hydrogen) atoms. The minimum atomic E-state index is -4.02. The number of anilines is 1. The number of carbonyl (C=O) groups excluding carboxylic acids is 1. The summed E-state index contributed by atoms with van der Waals surface area (Å²) < 4.78 is 30.5. The molecule has 0 aliphatic rings. The number of nitrogens with one attached hydrogen (secondary N) is 1. The maximum Gasteiger partial charge on any atom is 0.326 e. The van der Waals surface area contributed by atoms with Gasteiger partial charge in [-0.15, -0.1) is 0 Å². The molecule has 0 fully saturated rings. The highest BCUT2D eigenvalue weighted by Gasteiger charge is 2.32. The van der Waals surface area contributed by atoms with Crippen molar-refractivity contribution >= 4 is 27.4 Å². The zero-order valence-electron chi connectivity index (χ0n) is 10.8. The van der Waals surface area contributed by atoms with Gasteiger partial charge in [0.1, 0.15) is 0 Å². The van der Waals surface area contributed by atoms with Gasteiger partial charge >= 0.3 is 5.97 Å². The highest BCUT2D eigenvalue weighted by Crippen LogP contribution is 2.18. The van der Waals surface area contributed by atoms with Crippen LogP contribution in [-0.2, 0) is 19.6 Å². The maximum atomic E-state index is 12.0. The Morgan fingerprint density at radius 3 is 2.35 bits per heavy atom. The molecule has 1 N–H and O–H groups in total. The molecule has 0 aliphatic heterocycles. The van der Waals surface area contributed by atoms with Gasteiger partial charge in [0.05, 0.1) is 12.0 Å². The first-order chi connectivity index (χ1) is 9.31. The van der Waals surface area contributed by atoms with E-state index >= 15 is 0 Å². The number of nitro groups is 1. The Bertz CT molecular complexity index is 596. The van der Waals surface area contributed by atoms with Crippen LogP contribution in [0.3, 0.4) is 0 Å². The summed E-state index contributed by atoms with van der Waals surface area (Å²) in [7, 11) is -2.94. The topological polar surface area (TPSA) is 116 Å². The highest BCUT2D eigenvalue weighted by atomic mass is 32.2. The smallest absolute Gasteiger partial charge is 0.326 e. The van der Waals surface area contributed by atoms with Crippen molar-refractivity contribution in [1.29, 1.82) is 0 Å². The zero-order valence-corrected chi connectivity index (χ0v) is 11.6. The van der Waals surface area contributed by atoms with Gasteiger partial charge in [0.15, 0.2) is 5.25 Å². The van der Waals surface area contributed by atoms with Crippen LogP contribution in [-0.4, -0.2) is 31.7 Å². The average Bonchev–Trinajstić information content (AvgIpc) is 2.38. The van der Waals surface area contributed by atoms with Gasteiger partial charge in [0.2, 0.25) is 10.0 Å². The maximum absolute atomic E-state index is 12.0. The molecule has 8 nitrogen and oxygen atoms in total. The Balaban J connectivity index is 2.95. The monoisotopic (exact) mass is 301 g/mol. The Labute approximate surface area is 115 Å². The van der Waals surface area contributed by atoms with Crippen molar-refractivity contribution in [3.63, 3.8) is 0 Å². The number of hydrogen-bond donors (Lipinski definition) is 1. The Morgan fingerprint density at radius 2 is 1.95 bits per heavy atom. The van der Waals surface area contributed by atoms with Crippen LogP contribution in [0.4, 0.5) is 11.4 Å². The third-order valence-electron chi connectivity index (χ3n) is 2.41. The van der Waals surface area contributed by atoms with E-state index in [4.69, 9.17) is 0 Å². The SMILES string of the molecule is C[CH][C@@H](C(=O)OC)S(=O)(=O)Nc1ccc([N+](=O)[O-])cc1. The first-order valence-electron chi connectivity index (χ1n) is 5.45. The molecule has 0 aliphatic carbocycles. The molecule has 0 heterocycles. The van der Waals surface area contributed by atoms with Crippen molar-refractivity contribution in [2.24, 2.45) is 0 Å². The molecule has 0 saturated carbocycles. The second kappa shape index (κ2) is 6.33. The number of hydrogen-bond acceptors (Lipinski definition) is 6. The molecule has 0 unspecified atom stereocenters. The van der Waals surface area contributed by atoms with E-state index in [1.54, 1.807) is 0 Å². The molecule has 0 amide bonds. The lowest BCUT2D eigenvalue weighted by molar-refractivity contribution is -0.384. The van der Waals surface area contributed by atoms with Gasteiger partial charge in [-0.05, 0) is 18.6 Å². The Morgan fingerprint density at radius 1 is 1.40 bits per heavy atom. The lowest BCUT2D eigenvalue weighted by Crippen LogP contribution is -2.35. The number of benzene rings is 1. The lowest BCUT2D eigenvalue weighted by atomic mass is 10.3. The van der Waals surface area contributed by atoms with Crippen molar-refractivity contribution in [3.05, 3.63) is 40.8 Å². The quantitative estimate of drug-likeness (QED) is 0.478. The van der Waals surface area contributed by atoms with Crippen molar-refractivity contribution in [1.82, 2.24) is 0 Å². The van der Waals surface area contributed by atoms with E-state index in [1.807, 2.05) is 0 Å². The van der Waals surface area contributed by atoms with Crippen LogP contribution >= 0.6 is 0 Å². The van der Waals surface area contributed by atoms with Gasteiger partial charge in [0.25, 0.3) is 5.69 Å². The number of nitrogens with zero attached hydrogens (tertiary/aromatic N) is 1. The van der Waals surface area contributed by atoms with Gasteiger partial charge < -0.3 is 4.74 Å². The average molecular weight is 301 g/mol. The van der Waals surface area contributed by atoms with Crippen molar-refractivity contribution in [2.45, 2.75) is 12.2 Å². The largest absolute Gasteiger partial charge is 0.468 e. The second-order valence-electron chi connectivity index (χ2n) is 3.73. The highest BCUT2D eigenvalue weighted by molar-refractivity contribution is 7.94. The molecule has 9 heteroatoms. The molecule has 0 spiro atoms. The van der Waals surface area contributed by atoms with Crippen LogP contribution in [0.15, 0.2) is 24.3 Å². The summed E-state index contributed by atoms with van der Waals surface area (Å²) >= 11 is 0. The molecule has 0 aromatic heterocycles. The summed E-state index contributed by atoms with van der Waals surface area (Å²) in [5.41, 5.74) is -0.0501. The van der Waals surface area contributed by atoms with E-state index in [1.165, 1.54) is 25.5 Å². The molecule has 1 rings (SSSR count). The number of sulfonamides is 1. The third kappa shape index (κ3) is 3.67. The first-order valence-corrected chi connectivity index (χ1v) is 7.00. The van der Waals surface area contributed by atoms with E-state index < -0.39 is 26.2 Å². The summed E-state index contributed by atoms with van der Waals surface area (Å²) in [6.45, 7) is 1.41. The number of esters is 1. The molecule has 1 radical (unpaired) electrons. The van der Waals surface area contributed by atoms with E-state index in [0.717, 1.165) is 19.2 Å². The molecule has 0 bridgehead atoms. The normalized spacial score (nSPS) is 12.5. The molecule has 1 aromatic carbocycles. The number of non-ortho nitro benzene ring substituents is 1. The van der Waals surface area contributed by atoms with Gasteiger partial charge in [0, 0.05) is 17.8 Å². The molecule has 109 valence electrons. The van der Waals surface area contributed by atoms with Gasteiger partial charge in [-0.1, -0.05) is 6.92 Å². The number of carbonyl (C=O) groups is 1. The van der Waals surface area contributed by atoms with Crippen molar-refractivity contribution in [2.75, 3.05) is 11.8 Å². The van der Waals surface area contributed by atoms with Crippen LogP contribution in [0.5, 0.6) is 0 Å². The van der Waals surface area contributed by atoms with Gasteiger partial charge in [-0.25, -0.2) is 8.42 Å². The van der Waals surface area contributed by atoms with Crippen LogP contribution in [0.25, 0.3) is 0 Å². The minimum Gasteiger partial charge on any atom is -0.468 e. The number of methoxy groups -OCH3 is 1. The number of ether oxygens (including phenoxy) is 1. The third-order valence-corrected chi connectivity index (χ3v) is 4.06. The van der Waals surface area contributed by atoms with E-state index in [-0.39, 0.29) is 11.4 Å². The fraction of sp³-hybridized carbons (Fsp3) is 0.273. The molecule has 1 aromatic rings. The number of rotatable bonds is 6. The van der Waals surface area contributed by atoms with Crippen LogP contribution in [0.2, 0.25) is 0 Å². The standard InChI is InChI=1S/C11H13N2O6S/c1-3-10(11(14)19-2)20(17,18)12-8-4-6-9(7-5-8)13(15)16/h3-7,10,12H,1-2H3/t10-/m0/s1. The summed E-state index contributed by atoms with van der Waals surface area (Å²) in [4.78, 5) is 21.2. The summed E-state index contributed by atoms with van der Waals surface area (Å²) in [5, 5.41) is 9.03. The fourth-order valence-corrected chi connectivity index (χ4v) is 2.74. The zero-order chi connectivity index (χ0) is 15.3. The second-order valence-corrected chi connectivity index (χ2v) is 5.53. The molecular formula is C11H13N2O6S. The van der Waals surface area contributed by atoms with E-state index in [9.17, 15) is 23.3 Å². The first kappa shape index (κ1) is 15.9. The molecule has 1 atom stereocenters. The predicted molar refractivity (Wildman–Crippen MR) is 71.4 cm³/mol. The Hall–Kier alpha value is -2.16. The van der Waals surface area contributed by atoms with E-state index in [0.29, 0.717) is 0 Å². The summed E-state index contributed by atoms with van der Waals surface area (Å²) in [5.74, 6) is -0.915. The molecular weight excluding hydrogens is 288 g/mol. The van der Waals surface area contributed by atoms with Crippen LogP contribution in [0.1, 0.15) is 6.92 Å². The van der Waals surface area contributed by atoms with Crippen molar-refractivity contribution < 1.29 is 22.9 Å². The van der Waals surface area contributed by atoms with Crippen LogP contribution < -0.4 is 4.72 Å². The summed E-state index contributed by atoms with van der Waals surface area (Å²) in [6.07, 6.45) is 1.18. The molecule has 0 saturated heterocycles. The Kier molecular flexibility index (Phi) is 5.03. The van der Waals surface area contributed by atoms with Gasteiger partial charge in [-0.2, -0.15) is 0 Å². The lowest BCUT2D eigenvalue weighted by Gasteiger charge is -2.14. The van der Waals surface area contributed by atoms with Gasteiger partial charge in [-0.3, -0.25) is 19.6 Å². The predicted octanol–water partition coefficient (Wildman–Crippen LogP) is 1.10.